The van der Waals surface area contributed by atoms with Gasteiger partial charge in [-0.1, -0.05) is 6.58 Å². The van der Waals surface area contributed by atoms with Crippen LogP contribution in [0.15, 0.2) is 42.3 Å². The summed E-state index contributed by atoms with van der Waals surface area (Å²) in [4.78, 5) is 15.0. The number of hydrogen-bond acceptors (Lipinski definition) is 3. The number of hydrogen-bond donors (Lipinski definition) is 1. The van der Waals surface area contributed by atoms with Gasteiger partial charge in [-0.2, -0.15) is 5.10 Å². The monoisotopic (exact) mass is 175 g/mol. The van der Waals surface area contributed by atoms with Crippen LogP contribution in [0.1, 0.15) is 10.4 Å². The van der Waals surface area contributed by atoms with E-state index < -0.39 is 0 Å². The third-order valence-corrected chi connectivity index (χ3v) is 1.27. The van der Waals surface area contributed by atoms with Crippen molar-refractivity contribution in [3.8, 4) is 0 Å². The lowest BCUT2D eigenvalue weighted by Gasteiger charge is -1.96. The Labute approximate surface area is 76.0 Å². The number of amides is 1. The quantitative estimate of drug-likeness (QED) is 0.550. The molecule has 13 heavy (non-hydrogen) atoms. The maximum Gasteiger partial charge on any atom is 0.272 e. The molecule has 4 nitrogen and oxygen atoms in total. The van der Waals surface area contributed by atoms with Crippen LogP contribution < -0.4 is 5.43 Å². The second-order valence-corrected chi connectivity index (χ2v) is 2.20. The van der Waals surface area contributed by atoms with E-state index in [9.17, 15) is 4.79 Å². The highest BCUT2D eigenvalue weighted by atomic mass is 16.2. The summed E-state index contributed by atoms with van der Waals surface area (Å²) in [6, 6.07) is 3.35. The van der Waals surface area contributed by atoms with Crippen molar-refractivity contribution >= 4 is 12.1 Å². The van der Waals surface area contributed by atoms with Gasteiger partial charge < -0.3 is 0 Å². The summed E-state index contributed by atoms with van der Waals surface area (Å²) in [5, 5.41) is 3.60. The zero-order chi connectivity index (χ0) is 9.52. The zero-order valence-electron chi connectivity index (χ0n) is 6.97. The molecule has 0 aliphatic heterocycles. The average Bonchev–Trinajstić information content (AvgIpc) is 2.19. The van der Waals surface area contributed by atoms with Crippen LogP contribution in [0.5, 0.6) is 0 Å². The van der Waals surface area contributed by atoms with Crippen LogP contribution in [0.25, 0.3) is 0 Å². The molecule has 0 atom stereocenters. The highest BCUT2D eigenvalue weighted by Crippen LogP contribution is 1.94. The fraction of sp³-hybridized carbons (Fsp3) is 0. The topological polar surface area (TPSA) is 54.4 Å². The van der Waals surface area contributed by atoms with Gasteiger partial charge in [0.05, 0.1) is 5.56 Å². The molecule has 0 saturated heterocycles. The maximum atomic E-state index is 11.2. The van der Waals surface area contributed by atoms with Crippen molar-refractivity contribution in [1.82, 2.24) is 10.4 Å². The number of rotatable bonds is 3. The fourth-order valence-corrected chi connectivity index (χ4v) is 0.710. The highest BCUT2D eigenvalue weighted by Gasteiger charge is 2.01. The second-order valence-electron chi connectivity index (χ2n) is 2.20. The first-order chi connectivity index (χ1) is 6.34. The number of aromatic nitrogens is 1. The summed E-state index contributed by atoms with van der Waals surface area (Å²) in [6.07, 6.45) is 5.94. The molecule has 1 amide bonds. The Kier molecular flexibility index (Phi) is 3.38. The van der Waals surface area contributed by atoms with E-state index >= 15 is 0 Å². The lowest BCUT2D eigenvalue weighted by molar-refractivity contribution is 0.0955. The van der Waals surface area contributed by atoms with Crippen LogP contribution in [-0.4, -0.2) is 17.1 Å². The predicted octanol–water partition coefficient (Wildman–Crippen LogP) is 0.983. The molecule has 0 saturated carbocycles. The number of carbonyl (C=O) groups excluding carboxylic acids is 1. The molecule has 1 N–H and O–H groups in total. The summed E-state index contributed by atoms with van der Waals surface area (Å²) >= 11 is 0. The lowest BCUT2D eigenvalue weighted by atomic mass is 10.3. The number of allylic oxidation sites excluding steroid dienone is 1. The standard InChI is InChI=1S/C9H9N3O/c1-2-5-11-12-9(13)8-4-3-6-10-7-8/h2-7H,1H2,(H,12,13). The van der Waals surface area contributed by atoms with Gasteiger partial charge in [-0.05, 0) is 18.2 Å². The number of nitrogens with one attached hydrogen (secondary N) is 1. The van der Waals surface area contributed by atoms with Crippen molar-refractivity contribution in [3.63, 3.8) is 0 Å². The van der Waals surface area contributed by atoms with Crippen LogP contribution in [0, 0.1) is 0 Å². The van der Waals surface area contributed by atoms with Gasteiger partial charge in [-0.15, -0.1) is 0 Å². The molecule has 1 rings (SSSR count). The Hall–Kier alpha value is -1.97. The van der Waals surface area contributed by atoms with E-state index in [0.29, 0.717) is 5.56 Å². The van der Waals surface area contributed by atoms with Crippen molar-refractivity contribution in [3.05, 3.63) is 42.7 Å². The molecule has 1 heterocycles. The first-order valence-corrected chi connectivity index (χ1v) is 3.69. The first-order valence-electron chi connectivity index (χ1n) is 3.69. The average molecular weight is 175 g/mol. The zero-order valence-corrected chi connectivity index (χ0v) is 6.97. The van der Waals surface area contributed by atoms with E-state index in [0.717, 1.165) is 0 Å². The van der Waals surface area contributed by atoms with E-state index in [1.807, 2.05) is 0 Å². The molecule has 0 unspecified atom stereocenters. The van der Waals surface area contributed by atoms with Crippen LogP contribution >= 0.6 is 0 Å². The molecule has 1 aromatic rings. The summed E-state index contributed by atoms with van der Waals surface area (Å²) in [7, 11) is 0. The first kappa shape index (κ1) is 9.12. The lowest BCUT2D eigenvalue weighted by Crippen LogP contribution is -2.17. The molecule has 4 heteroatoms. The third kappa shape index (κ3) is 2.86. The Morgan fingerprint density at radius 3 is 3.15 bits per heavy atom. The summed E-state index contributed by atoms with van der Waals surface area (Å²) in [5.74, 6) is -0.286. The number of hydrazone groups is 1. The van der Waals surface area contributed by atoms with Gasteiger partial charge in [-0.25, -0.2) is 5.43 Å². The Morgan fingerprint density at radius 1 is 1.69 bits per heavy atom. The van der Waals surface area contributed by atoms with Gasteiger partial charge in [0.1, 0.15) is 0 Å². The van der Waals surface area contributed by atoms with Gasteiger partial charge in [0, 0.05) is 18.6 Å². The molecule has 0 aliphatic rings. The molecule has 0 spiro atoms. The molecule has 66 valence electrons. The number of carbonyl (C=O) groups is 1. The minimum atomic E-state index is -0.286. The minimum absolute atomic E-state index is 0.286. The van der Waals surface area contributed by atoms with E-state index in [4.69, 9.17) is 0 Å². The maximum absolute atomic E-state index is 11.2. The van der Waals surface area contributed by atoms with Crippen LogP contribution in [0.3, 0.4) is 0 Å². The molecule has 0 aliphatic carbocycles. The highest BCUT2D eigenvalue weighted by molar-refractivity contribution is 5.94. The van der Waals surface area contributed by atoms with Crippen LogP contribution in [-0.2, 0) is 0 Å². The van der Waals surface area contributed by atoms with Crippen molar-refractivity contribution in [1.29, 1.82) is 0 Å². The molecule has 1 aromatic heterocycles. The minimum Gasteiger partial charge on any atom is -0.267 e. The summed E-state index contributed by atoms with van der Waals surface area (Å²) in [6.45, 7) is 3.42. The van der Waals surface area contributed by atoms with Gasteiger partial charge >= 0.3 is 0 Å². The van der Waals surface area contributed by atoms with Crippen molar-refractivity contribution in [2.45, 2.75) is 0 Å². The largest absolute Gasteiger partial charge is 0.272 e. The molecule has 0 fully saturated rings. The van der Waals surface area contributed by atoms with Gasteiger partial charge in [-0.3, -0.25) is 9.78 Å². The van der Waals surface area contributed by atoms with Gasteiger partial charge in [0.15, 0.2) is 0 Å². The molecule has 0 radical (unpaired) electrons. The predicted molar refractivity (Wildman–Crippen MR) is 50.4 cm³/mol. The molecular formula is C9H9N3O. The summed E-state index contributed by atoms with van der Waals surface area (Å²) in [5.41, 5.74) is 2.79. The normalized spacial score (nSPS) is 9.85. The summed E-state index contributed by atoms with van der Waals surface area (Å²) < 4.78 is 0. The van der Waals surface area contributed by atoms with Crippen molar-refractivity contribution < 1.29 is 4.79 Å². The van der Waals surface area contributed by atoms with E-state index in [1.165, 1.54) is 18.5 Å². The van der Waals surface area contributed by atoms with Gasteiger partial charge in [0.25, 0.3) is 5.91 Å². The van der Waals surface area contributed by atoms with E-state index in [1.54, 1.807) is 18.3 Å². The van der Waals surface area contributed by atoms with Gasteiger partial charge in [0.2, 0.25) is 0 Å². The second kappa shape index (κ2) is 4.82. The Balaban J connectivity index is 2.59. The van der Waals surface area contributed by atoms with Crippen LogP contribution in [0.4, 0.5) is 0 Å². The smallest absolute Gasteiger partial charge is 0.267 e. The molecular weight excluding hydrogens is 166 g/mol. The Bertz CT molecular complexity index is 319. The third-order valence-electron chi connectivity index (χ3n) is 1.27. The Morgan fingerprint density at radius 2 is 2.54 bits per heavy atom. The van der Waals surface area contributed by atoms with E-state index in [2.05, 4.69) is 22.1 Å². The van der Waals surface area contributed by atoms with E-state index in [-0.39, 0.29) is 5.91 Å². The number of nitrogens with zero attached hydrogens (tertiary/aromatic N) is 2. The SMILES string of the molecule is C=CC=NNC(=O)c1cccnc1. The molecule has 0 aromatic carbocycles. The van der Waals surface area contributed by atoms with Crippen molar-refractivity contribution in [2.24, 2.45) is 5.10 Å². The van der Waals surface area contributed by atoms with Crippen molar-refractivity contribution in [2.75, 3.05) is 0 Å². The number of pyridine rings is 1. The molecule has 0 bridgehead atoms. The van der Waals surface area contributed by atoms with Crippen LogP contribution in [0.2, 0.25) is 0 Å². The fourth-order valence-electron chi connectivity index (χ4n) is 0.710.